The first-order chi connectivity index (χ1) is 8.72. The molecular formula is C14H17NO2S. The lowest BCUT2D eigenvalue weighted by Crippen LogP contribution is -2.05. The lowest BCUT2D eigenvalue weighted by molar-refractivity contribution is 0.394. The number of hydrogen-bond acceptors (Lipinski definition) is 4. The molecule has 2 rings (SSSR count). The molecule has 0 aliphatic rings. The van der Waals surface area contributed by atoms with Crippen LogP contribution in [0.15, 0.2) is 35.0 Å². The maximum atomic E-state index is 5.25. The van der Waals surface area contributed by atoms with E-state index in [0.717, 1.165) is 17.2 Å². The van der Waals surface area contributed by atoms with E-state index in [9.17, 15) is 0 Å². The Kier molecular flexibility index (Phi) is 4.10. The van der Waals surface area contributed by atoms with E-state index in [2.05, 4.69) is 29.1 Å². The van der Waals surface area contributed by atoms with Crippen LogP contribution in [-0.4, -0.2) is 14.2 Å². The van der Waals surface area contributed by atoms with Crippen molar-refractivity contribution in [3.8, 4) is 11.5 Å². The first-order valence-electron chi connectivity index (χ1n) is 5.74. The molecule has 0 amide bonds. The van der Waals surface area contributed by atoms with Crippen LogP contribution in [0.3, 0.4) is 0 Å². The Bertz CT molecular complexity index is 474. The summed E-state index contributed by atoms with van der Waals surface area (Å²) in [4.78, 5) is 0. The maximum absolute atomic E-state index is 5.25. The quantitative estimate of drug-likeness (QED) is 0.886. The van der Waals surface area contributed by atoms with Crippen molar-refractivity contribution in [2.75, 3.05) is 19.5 Å². The highest BCUT2D eigenvalue weighted by molar-refractivity contribution is 7.07. The first kappa shape index (κ1) is 12.8. The van der Waals surface area contributed by atoms with Gasteiger partial charge in [-0.25, -0.2) is 0 Å². The molecule has 0 radical (unpaired) electrons. The summed E-state index contributed by atoms with van der Waals surface area (Å²) in [6.45, 7) is 2.13. The van der Waals surface area contributed by atoms with Gasteiger partial charge in [0.1, 0.15) is 11.5 Å². The van der Waals surface area contributed by atoms with E-state index >= 15 is 0 Å². The Morgan fingerprint density at radius 2 is 1.78 bits per heavy atom. The first-order valence-corrected chi connectivity index (χ1v) is 6.69. The zero-order chi connectivity index (χ0) is 13.0. The van der Waals surface area contributed by atoms with Crippen LogP contribution in [0.25, 0.3) is 0 Å². The van der Waals surface area contributed by atoms with Crippen molar-refractivity contribution < 1.29 is 9.47 Å². The summed E-state index contributed by atoms with van der Waals surface area (Å²) in [5, 5.41) is 7.67. The molecule has 0 saturated heterocycles. The fourth-order valence-corrected chi connectivity index (χ4v) is 2.50. The van der Waals surface area contributed by atoms with Crippen LogP contribution in [-0.2, 0) is 0 Å². The molecule has 4 heteroatoms. The molecule has 0 aliphatic carbocycles. The van der Waals surface area contributed by atoms with Crippen LogP contribution in [0.1, 0.15) is 18.5 Å². The van der Waals surface area contributed by atoms with Gasteiger partial charge in [-0.05, 0) is 29.3 Å². The Morgan fingerprint density at radius 1 is 1.11 bits per heavy atom. The van der Waals surface area contributed by atoms with E-state index in [0.29, 0.717) is 0 Å². The van der Waals surface area contributed by atoms with Crippen LogP contribution in [0.2, 0.25) is 0 Å². The molecule has 18 heavy (non-hydrogen) atoms. The third-order valence-electron chi connectivity index (χ3n) is 2.78. The summed E-state index contributed by atoms with van der Waals surface area (Å²) in [7, 11) is 3.31. The third kappa shape index (κ3) is 2.96. The van der Waals surface area contributed by atoms with Gasteiger partial charge < -0.3 is 14.8 Å². The van der Waals surface area contributed by atoms with Gasteiger partial charge in [0.05, 0.1) is 14.2 Å². The van der Waals surface area contributed by atoms with Crippen molar-refractivity contribution in [1.29, 1.82) is 0 Å². The van der Waals surface area contributed by atoms with Crippen LogP contribution in [0.4, 0.5) is 5.69 Å². The molecule has 96 valence electrons. The number of methoxy groups -OCH3 is 2. The molecule has 2 aromatic rings. The van der Waals surface area contributed by atoms with Crippen molar-refractivity contribution in [3.05, 3.63) is 40.6 Å². The highest BCUT2D eigenvalue weighted by Gasteiger charge is 2.07. The molecule has 0 aliphatic heterocycles. The summed E-state index contributed by atoms with van der Waals surface area (Å²) in [5.41, 5.74) is 2.27. The van der Waals surface area contributed by atoms with Gasteiger partial charge in [-0.1, -0.05) is 0 Å². The molecule has 0 bridgehead atoms. The fourth-order valence-electron chi connectivity index (χ4n) is 1.75. The lowest BCUT2D eigenvalue weighted by Gasteiger charge is -2.16. The van der Waals surface area contributed by atoms with Crippen LogP contribution in [0, 0.1) is 0 Å². The SMILES string of the molecule is COc1cc(NC(C)c2ccsc2)cc(OC)c1. The van der Waals surface area contributed by atoms with E-state index in [-0.39, 0.29) is 6.04 Å². The van der Waals surface area contributed by atoms with Gasteiger partial charge in [-0.3, -0.25) is 0 Å². The zero-order valence-corrected chi connectivity index (χ0v) is 11.6. The Labute approximate surface area is 111 Å². The molecule has 1 aromatic heterocycles. The van der Waals surface area contributed by atoms with Crippen molar-refractivity contribution in [3.63, 3.8) is 0 Å². The number of anilines is 1. The van der Waals surface area contributed by atoms with Gasteiger partial charge in [0.25, 0.3) is 0 Å². The summed E-state index contributed by atoms with van der Waals surface area (Å²) in [6, 6.07) is 8.17. The largest absolute Gasteiger partial charge is 0.497 e. The molecule has 1 aromatic carbocycles. The average Bonchev–Trinajstić information content (AvgIpc) is 2.92. The van der Waals surface area contributed by atoms with Gasteiger partial charge in [0, 0.05) is 29.9 Å². The summed E-state index contributed by atoms with van der Waals surface area (Å²) >= 11 is 1.70. The smallest absolute Gasteiger partial charge is 0.124 e. The number of ether oxygens (including phenoxy) is 2. The number of benzene rings is 1. The van der Waals surface area contributed by atoms with Crippen LogP contribution >= 0.6 is 11.3 Å². The second-order valence-corrected chi connectivity index (χ2v) is 4.80. The molecule has 1 unspecified atom stereocenters. The molecule has 1 atom stereocenters. The zero-order valence-electron chi connectivity index (χ0n) is 10.8. The molecular weight excluding hydrogens is 246 g/mol. The molecule has 0 spiro atoms. The fraction of sp³-hybridized carbons (Fsp3) is 0.286. The minimum atomic E-state index is 0.257. The Hall–Kier alpha value is -1.68. The highest BCUT2D eigenvalue weighted by Crippen LogP contribution is 2.28. The summed E-state index contributed by atoms with van der Waals surface area (Å²) in [6.07, 6.45) is 0. The molecule has 1 N–H and O–H groups in total. The minimum Gasteiger partial charge on any atom is -0.497 e. The van der Waals surface area contributed by atoms with E-state index in [4.69, 9.17) is 9.47 Å². The van der Waals surface area contributed by atoms with Gasteiger partial charge >= 0.3 is 0 Å². The van der Waals surface area contributed by atoms with Crippen molar-refractivity contribution in [1.82, 2.24) is 0 Å². The molecule has 1 heterocycles. The van der Waals surface area contributed by atoms with E-state index in [1.807, 2.05) is 18.2 Å². The Balaban J connectivity index is 2.17. The second kappa shape index (κ2) is 5.78. The van der Waals surface area contributed by atoms with Crippen molar-refractivity contribution in [2.24, 2.45) is 0 Å². The van der Waals surface area contributed by atoms with Crippen molar-refractivity contribution >= 4 is 17.0 Å². The standard InChI is InChI=1S/C14H17NO2S/c1-10(11-4-5-18-9-11)15-12-6-13(16-2)8-14(7-12)17-3/h4-10,15H,1-3H3. The topological polar surface area (TPSA) is 30.5 Å². The average molecular weight is 263 g/mol. The van der Waals surface area contributed by atoms with Gasteiger partial charge in [-0.2, -0.15) is 11.3 Å². The van der Waals surface area contributed by atoms with Crippen LogP contribution < -0.4 is 14.8 Å². The van der Waals surface area contributed by atoms with E-state index < -0.39 is 0 Å². The number of thiophene rings is 1. The second-order valence-electron chi connectivity index (χ2n) is 4.02. The Morgan fingerprint density at radius 3 is 2.28 bits per heavy atom. The molecule has 0 saturated carbocycles. The maximum Gasteiger partial charge on any atom is 0.124 e. The summed E-state index contributed by atoms with van der Waals surface area (Å²) in [5.74, 6) is 1.57. The normalized spacial score (nSPS) is 11.9. The van der Waals surface area contributed by atoms with Gasteiger partial charge in [0.15, 0.2) is 0 Å². The van der Waals surface area contributed by atoms with E-state index in [1.165, 1.54) is 5.56 Å². The molecule has 3 nitrogen and oxygen atoms in total. The molecule has 0 fully saturated rings. The lowest BCUT2D eigenvalue weighted by atomic mass is 10.1. The monoisotopic (exact) mass is 263 g/mol. The number of hydrogen-bond donors (Lipinski definition) is 1. The highest BCUT2D eigenvalue weighted by atomic mass is 32.1. The van der Waals surface area contributed by atoms with Crippen LogP contribution in [0.5, 0.6) is 11.5 Å². The van der Waals surface area contributed by atoms with E-state index in [1.54, 1.807) is 25.6 Å². The predicted octanol–water partition coefficient (Wildman–Crippen LogP) is 3.94. The van der Waals surface area contributed by atoms with Gasteiger partial charge in [-0.15, -0.1) is 0 Å². The minimum absolute atomic E-state index is 0.257. The van der Waals surface area contributed by atoms with Gasteiger partial charge in [0.2, 0.25) is 0 Å². The predicted molar refractivity (Wildman–Crippen MR) is 75.9 cm³/mol. The summed E-state index contributed by atoms with van der Waals surface area (Å²) < 4.78 is 10.5. The van der Waals surface area contributed by atoms with Crippen molar-refractivity contribution in [2.45, 2.75) is 13.0 Å². The third-order valence-corrected chi connectivity index (χ3v) is 3.48. The number of nitrogens with one attached hydrogen (secondary N) is 1. The number of rotatable bonds is 5.